The number of rotatable bonds is 6. The highest BCUT2D eigenvalue weighted by Crippen LogP contribution is 2.58. The maximum Gasteiger partial charge on any atom is 0.117 e. The summed E-state index contributed by atoms with van der Waals surface area (Å²) in [6.07, 6.45) is 2.99. The Morgan fingerprint density at radius 1 is 0.586 bits per heavy atom. The van der Waals surface area contributed by atoms with Crippen molar-refractivity contribution in [2.75, 3.05) is 0 Å². The van der Waals surface area contributed by atoms with E-state index >= 15 is 0 Å². The van der Waals surface area contributed by atoms with Crippen LogP contribution in [0.25, 0.3) is 6.08 Å². The molecule has 0 saturated carbocycles. The Balaban J connectivity index is 0.00000240. The van der Waals surface area contributed by atoms with Gasteiger partial charge in [0.1, 0.15) is 23.2 Å². The van der Waals surface area contributed by atoms with Gasteiger partial charge in [-0.15, -0.1) is 0 Å². The Bertz CT molecular complexity index is 1000. The molecular formula is C27H24ClP. The van der Waals surface area contributed by atoms with Crippen molar-refractivity contribution in [3.63, 3.8) is 0 Å². The maximum absolute atomic E-state index is 4.12. The molecule has 4 aromatic rings. The topological polar surface area (TPSA) is 0 Å². The van der Waals surface area contributed by atoms with E-state index in [1.54, 1.807) is 0 Å². The zero-order valence-electron chi connectivity index (χ0n) is 16.3. The largest absolute Gasteiger partial charge is 1.00 e. The van der Waals surface area contributed by atoms with Gasteiger partial charge in [0.15, 0.2) is 0 Å². The molecule has 0 heterocycles. The Kier molecular flexibility index (Phi) is 7.04. The Morgan fingerprint density at radius 3 is 1.55 bits per heavy atom. The van der Waals surface area contributed by atoms with Crippen LogP contribution in [-0.4, -0.2) is 0 Å². The summed E-state index contributed by atoms with van der Waals surface area (Å²) < 4.78 is 0. The minimum Gasteiger partial charge on any atom is -1.00 e. The number of benzene rings is 4. The Morgan fingerprint density at radius 2 is 1.03 bits per heavy atom. The molecule has 29 heavy (non-hydrogen) atoms. The van der Waals surface area contributed by atoms with Crippen LogP contribution in [0.4, 0.5) is 0 Å². The van der Waals surface area contributed by atoms with Crippen molar-refractivity contribution in [2.45, 2.75) is 6.16 Å². The van der Waals surface area contributed by atoms with Gasteiger partial charge in [-0.05, 0) is 35.9 Å². The average Bonchev–Trinajstić information content (AvgIpc) is 2.79. The third-order valence-electron chi connectivity index (χ3n) is 5.22. The summed E-state index contributed by atoms with van der Waals surface area (Å²) in [5, 5.41) is 4.20. The molecule has 4 rings (SSSR count). The van der Waals surface area contributed by atoms with E-state index in [2.05, 4.69) is 122 Å². The van der Waals surface area contributed by atoms with E-state index < -0.39 is 7.26 Å². The summed E-state index contributed by atoms with van der Waals surface area (Å²) >= 11 is 0. The molecule has 0 unspecified atom stereocenters. The molecule has 0 amide bonds. The second-order valence-electron chi connectivity index (χ2n) is 6.89. The summed E-state index contributed by atoms with van der Waals surface area (Å²) in [5.41, 5.74) is 2.59. The zero-order valence-corrected chi connectivity index (χ0v) is 17.9. The summed E-state index contributed by atoms with van der Waals surface area (Å²) in [6.45, 7) is 4.12. The minimum atomic E-state index is -1.90. The average molecular weight is 415 g/mol. The van der Waals surface area contributed by atoms with Gasteiger partial charge in [0.05, 0.1) is 6.16 Å². The molecule has 0 aliphatic rings. The van der Waals surface area contributed by atoms with Gasteiger partial charge >= 0.3 is 0 Å². The molecule has 0 aliphatic heterocycles. The molecule has 0 saturated heterocycles. The van der Waals surface area contributed by atoms with Crippen molar-refractivity contribution < 1.29 is 12.4 Å². The standard InChI is InChI=1S/C27H24P.ClH/c1-2-24-16-12-13-21-27(24)28(25-17-8-4-9-18-25,26-19-10-5-11-20-26)22-23-14-6-3-7-15-23;/h2-21H,1,22H2;1H/q+1;/p-1. The molecular weight excluding hydrogens is 391 g/mol. The SMILES string of the molecule is C=Cc1ccccc1[P+](Cc1ccccc1)(c1ccccc1)c1ccccc1.[Cl-]. The van der Waals surface area contributed by atoms with E-state index in [9.17, 15) is 0 Å². The Labute approximate surface area is 180 Å². The van der Waals surface area contributed by atoms with Crippen LogP contribution >= 0.6 is 7.26 Å². The second kappa shape index (κ2) is 9.70. The van der Waals surface area contributed by atoms with Gasteiger partial charge in [-0.1, -0.05) is 97.6 Å². The molecule has 0 radical (unpaired) electrons. The smallest absolute Gasteiger partial charge is 0.117 e. The predicted octanol–water partition coefficient (Wildman–Crippen LogP) is 2.83. The van der Waals surface area contributed by atoms with Crippen molar-refractivity contribution in [1.82, 2.24) is 0 Å². The van der Waals surface area contributed by atoms with Crippen molar-refractivity contribution >= 4 is 29.3 Å². The molecule has 0 N–H and O–H groups in total. The van der Waals surface area contributed by atoms with Crippen LogP contribution in [0.15, 0.2) is 122 Å². The fraction of sp³-hybridized carbons (Fsp3) is 0.0370. The maximum atomic E-state index is 4.12. The molecule has 2 heteroatoms. The second-order valence-corrected chi connectivity index (χ2v) is 10.3. The van der Waals surface area contributed by atoms with Crippen LogP contribution in [0.2, 0.25) is 0 Å². The minimum absolute atomic E-state index is 0. The number of hydrogen-bond donors (Lipinski definition) is 0. The van der Waals surface area contributed by atoms with Crippen molar-refractivity contribution in [3.8, 4) is 0 Å². The lowest BCUT2D eigenvalue weighted by molar-refractivity contribution is -0.00000539. The van der Waals surface area contributed by atoms with Crippen LogP contribution in [0.1, 0.15) is 11.1 Å². The highest BCUT2D eigenvalue weighted by atomic mass is 35.5. The third-order valence-corrected chi connectivity index (χ3v) is 9.65. The van der Waals surface area contributed by atoms with E-state index in [4.69, 9.17) is 0 Å². The first-order valence-electron chi connectivity index (χ1n) is 9.60. The lowest BCUT2D eigenvalue weighted by Gasteiger charge is -2.29. The first kappa shape index (κ1) is 21.1. The van der Waals surface area contributed by atoms with E-state index in [1.165, 1.54) is 27.0 Å². The monoisotopic (exact) mass is 414 g/mol. The molecule has 0 bridgehead atoms. The fourth-order valence-corrected chi connectivity index (χ4v) is 8.38. The van der Waals surface area contributed by atoms with Gasteiger partial charge in [-0.25, -0.2) is 0 Å². The van der Waals surface area contributed by atoms with Gasteiger partial charge in [-0.3, -0.25) is 0 Å². The van der Waals surface area contributed by atoms with Crippen molar-refractivity contribution in [2.24, 2.45) is 0 Å². The number of halogens is 1. The van der Waals surface area contributed by atoms with E-state index in [1.807, 2.05) is 6.08 Å². The molecule has 144 valence electrons. The summed E-state index contributed by atoms with van der Waals surface area (Å²) in [6, 6.07) is 41.6. The van der Waals surface area contributed by atoms with Crippen LogP contribution in [-0.2, 0) is 6.16 Å². The quantitative estimate of drug-likeness (QED) is 0.426. The third kappa shape index (κ3) is 4.20. The summed E-state index contributed by atoms with van der Waals surface area (Å²) in [5.74, 6) is 0. The molecule has 0 aromatic heterocycles. The molecule has 0 nitrogen and oxygen atoms in total. The highest BCUT2D eigenvalue weighted by Gasteiger charge is 2.46. The first-order valence-corrected chi connectivity index (χ1v) is 11.6. The van der Waals surface area contributed by atoms with Gasteiger partial charge in [-0.2, -0.15) is 0 Å². The van der Waals surface area contributed by atoms with Gasteiger partial charge in [0.2, 0.25) is 0 Å². The van der Waals surface area contributed by atoms with Crippen molar-refractivity contribution in [1.29, 1.82) is 0 Å². The highest BCUT2D eigenvalue weighted by molar-refractivity contribution is 7.95. The lowest BCUT2D eigenvalue weighted by atomic mass is 10.2. The summed E-state index contributed by atoms with van der Waals surface area (Å²) in [4.78, 5) is 0. The van der Waals surface area contributed by atoms with E-state index in [0.717, 1.165) is 6.16 Å². The van der Waals surface area contributed by atoms with Crippen molar-refractivity contribution in [3.05, 3.63) is 133 Å². The van der Waals surface area contributed by atoms with E-state index in [0.29, 0.717) is 0 Å². The van der Waals surface area contributed by atoms with Crippen LogP contribution in [0, 0.1) is 0 Å². The zero-order chi connectivity index (χ0) is 19.2. The van der Waals surface area contributed by atoms with Gasteiger partial charge in [0.25, 0.3) is 0 Å². The fourth-order valence-electron chi connectivity index (χ4n) is 3.92. The first-order chi connectivity index (χ1) is 13.8. The number of hydrogen-bond acceptors (Lipinski definition) is 0. The van der Waals surface area contributed by atoms with Crippen LogP contribution in [0.3, 0.4) is 0 Å². The molecule has 0 spiro atoms. The summed E-state index contributed by atoms with van der Waals surface area (Å²) in [7, 11) is -1.90. The molecule has 4 aromatic carbocycles. The van der Waals surface area contributed by atoms with Gasteiger partial charge in [0, 0.05) is 5.56 Å². The van der Waals surface area contributed by atoms with E-state index in [-0.39, 0.29) is 12.4 Å². The molecule has 0 aliphatic carbocycles. The molecule has 0 fully saturated rings. The van der Waals surface area contributed by atoms with Crippen LogP contribution in [0.5, 0.6) is 0 Å². The van der Waals surface area contributed by atoms with Crippen LogP contribution < -0.4 is 28.3 Å². The lowest BCUT2D eigenvalue weighted by Crippen LogP contribution is -3.00. The predicted molar refractivity (Wildman–Crippen MR) is 125 cm³/mol. The normalized spacial score (nSPS) is 10.8. The Hall–Kier alpha value is -2.66. The van der Waals surface area contributed by atoms with Gasteiger partial charge < -0.3 is 12.4 Å². The molecule has 0 atom stereocenters.